The lowest BCUT2D eigenvalue weighted by Gasteiger charge is -2.32. The number of pyridine rings is 1. The number of hydrogen-bond acceptors (Lipinski definition) is 3. The first kappa shape index (κ1) is 13.1. The van der Waals surface area contributed by atoms with Crippen LogP contribution in [-0.2, 0) is 0 Å². The summed E-state index contributed by atoms with van der Waals surface area (Å²) < 4.78 is 0. The minimum atomic E-state index is 0.0988. The highest BCUT2D eigenvalue weighted by molar-refractivity contribution is 6.06. The second kappa shape index (κ2) is 5.59. The highest BCUT2D eigenvalue weighted by Gasteiger charge is 2.24. The van der Waals surface area contributed by atoms with E-state index in [-0.39, 0.29) is 5.91 Å². The van der Waals surface area contributed by atoms with Crippen molar-refractivity contribution in [1.29, 1.82) is 0 Å². The Morgan fingerprint density at radius 2 is 2.25 bits per heavy atom. The molecule has 4 nitrogen and oxygen atoms in total. The van der Waals surface area contributed by atoms with Crippen LogP contribution in [0.3, 0.4) is 0 Å². The molecule has 0 aliphatic carbocycles. The van der Waals surface area contributed by atoms with Crippen molar-refractivity contribution in [2.45, 2.75) is 12.8 Å². The average Bonchev–Trinajstić information content (AvgIpc) is 2.53. The second-order valence-electron chi connectivity index (χ2n) is 5.37. The third-order valence-electron chi connectivity index (χ3n) is 4.02. The number of rotatable bonds is 2. The Morgan fingerprint density at radius 1 is 1.35 bits per heavy atom. The van der Waals surface area contributed by atoms with Gasteiger partial charge < -0.3 is 10.6 Å². The number of amides is 1. The minimum Gasteiger partial charge on any atom is -0.338 e. The molecular formula is C16H19N3O. The minimum absolute atomic E-state index is 0.0988. The summed E-state index contributed by atoms with van der Waals surface area (Å²) in [5.41, 5.74) is 7.36. The first-order chi connectivity index (χ1) is 9.79. The maximum absolute atomic E-state index is 12.7. The van der Waals surface area contributed by atoms with Gasteiger partial charge in [-0.3, -0.25) is 9.78 Å². The van der Waals surface area contributed by atoms with Crippen LogP contribution in [0.2, 0.25) is 0 Å². The van der Waals surface area contributed by atoms with Gasteiger partial charge in [-0.2, -0.15) is 0 Å². The van der Waals surface area contributed by atoms with Crippen molar-refractivity contribution in [2.24, 2.45) is 11.7 Å². The summed E-state index contributed by atoms with van der Waals surface area (Å²) in [6, 6.07) is 9.55. The van der Waals surface area contributed by atoms with Crippen LogP contribution in [0.1, 0.15) is 23.2 Å². The summed E-state index contributed by atoms with van der Waals surface area (Å²) in [7, 11) is 0. The van der Waals surface area contributed by atoms with E-state index >= 15 is 0 Å². The zero-order valence-electron chi connectivity index (χ0n) is 11.5. The Balaban J connectivity index is 1.92. The zero-order valence-corrected chi connectivity index (χ0v) is 11.5. The molecule has 2 aromatic rings. The Kier molecular flexibility index (Phi) is 3.65. The van der Waals surface area contributed by atoms with Gasteiger partial charge in [-0.25, -0.2) is 0 Å². The molecule has 0 radical (unpaired) electrons. The second-order valence-corrected chi connectivity index (χ2v) is 5.37. The van der Waals surface area contributed by atoms with Crippen molar-refractivity contribution in [1.82, 2.24) is 9.88 Å². The Morgan fingerprint density at radius 3 is 3.10 bits per heavy atom. The molecule has 1 saturated heterocycles. The molecule has 0 spiro atoms. The van der Waals surface area contributed by atoms with E-state index in [1.165, 1.54) is 0 Å². The molecule has 1 aromatic heterocycles. The van der Waals surface area contributed by atoms with E-state index in [1.807, 2.05) is 35.2 Å². The van der Waals surface area contributed by atoms with Crippen LogP contribution in [0.4, 0.5) is 0 Å². The normalized spacial score (nSPS) is 19.2. The third-order valence-corrected chi connectivity index (χ3v) is 4.02. The predicted molar refractivity (Wildman–Crippen MR) is 79.4 cm³/mol. The molecule has 0 saturated carbocycles. The summed E-state index contributed by atoms with van der Waals surface area (Å²) in [5, 5.41) is 0.926. The number of aromatic nitrogens is 1. The van der Waals surface area contributed by atoms with Gasteiger partial charge in [0.2, 0.25) is 0 Å². The van der Waals surface area contributed by atoms with Gasteiger partial charge in [-0.1, -0.05) is 12.1 Å². The number of piperidine rings is 1. The van der Waals surface area contributed by atoms with Gasteiger partial charge in [0.05, 0.1) is 5.52 Å². The van der Waals surface area contributed by atoms with Gasteiger partial charge in [0.25, 0.3) is 5.91 Å². The quantitative estimate of drug-likeness (QED) is 0.907. The van der Waals surface area contributed by atoms with Crippen LogP contribution in [0.15, 0.2) is 36.5 Å². The molecule has 1 amide bonds. The van der Waals surface area contributed by atoms with Crippen molar-refractivity contribution in [3.05, 3.63) is 42.1 Å². The standard InChI is InChI=1S/C16H19N3O/c17-10-12-4-3-9-19(11-12)16(20)14-5-1-7-15-13(14)6-2-8-18-15/h1-2,5-8,12H,3-4,9-11,17H2. The van der Waals surface area contributed by atoms with E-state index in [2.05, 4.69) is 4.98 Å². The van der Waals surface area contributed by atoms with Gasteiger partial charge in [0.1, 0.15) is 0 Å². The topological polar surface area (TPSA) is 59.2 Å². The fraction of sp³-hybridized carbons (Fsp3) is 0.375. The first-order valence-corrected chi connectivity index (χ1v) is 7.12. The summed E-state index contributed by atoms with van der Waals surface area (Å²) in [5.74, 6) is 0.530. The number of nitrogens with zero attached hydrogens (tertiary/aromatic N) is 2. The lowest BCUT2D eigenvalue weighted by atomic mass is 9.97. The molecule has 1 fully saturated rings. The molecule has 4 heteroatoms. The smallest absolute Gasteiger partial charge is 0.254 e. The first-order valence-electron chi connectivity index (χ1n) is 7.12. The van der Waals surface area contributed by atoms with Crippen LogP contribution in [0.5, 0.6) is 0 Å². The largest absolute Gasteiger partial charge is 0.338 e. The molecule has 1 atom stereocenters. The van der Waals surface area contributed by atoms with Crippen molar-refractivity contribution in [3.8, 4) is 0 Å². The fourth-order valence-corrected chi connectivity index (χ4v) is 2.90. The van der Waals surface area contributed by atoms with E-state index in [0.29, 0.717) is 12.5 Å². The molecule has 104 valence electrons. The maximum atomic E-state index is 12.7. The molecule has 1 aliphatic rings. The fourth-order valence-electron chi connectivity index (χ4n) is 2.90. The van der Waals surface area contributed by atoms with Crippen LogP contribution >= 0.6 is 0 Å². The van der Waals surface area contributed by atoms with Gasteiger partial charge in [-0.15, -0.1) is 0 Å². The molecule has 1 aliphatic heterocycles. The Labute approximate surface area is 118 Å². The molecule has 1 unspecified atom stereocenters. The van der Waals surface area contributed by atoms with Crippen LogP contribution < -0.4 is 5.73 Å². The van der Waals surface area contributed by atoms with Gasteiger partial charge in [-0.05, 0) is 43.5 Å². The van der Waals surface area contributed by atoms with E-state index in [9.17, 15) is 4.79 Å². The van der Waals surface area contributed by atoms with Crippen molar-refractivity contribution >= 4 is 16.8 Å². The number of nitrogens with two attached hydrogens (primary N) is 1. The lowest BCUT2D eigenvalue weighted by molar-refractivity contribution is 0.0680. The summed E-state index contributed by atoms with van der Waals surface area (Å²) >= 11 is 0. The maximum Gasteiger partial charge on any atom is 0.254 e. The molecule has 20 heavy (non-hydrogen) atoms. The van der Waals surface area contributed by atoms with Crippen LogP contribution in [-0.4, -0.2) is 35.4 Å². The molecule has 0 bridgehead atoms. The molecule has 3 rings (SSSR count). The number of benzene rings is 1. The summed E-state index contributed by atoms with van der Waals surface area (Å²) in [4.78, 5) is 19.0. The van der Waals surface area contributed by atoms with Gasteiger partial charge in [0.15, 0.2) is 0 Å². The average molecular weight is 269 g/mol. The molecular weight excluding hydrogens is 250 g/mol. The number of fused-ring (bicyclic) bond motifs is 1. The highest BCUT2D eigenvalue weighted by Crippen LogP contribution is 2.22. The van der Waals surface area contributed by atoms with E-state index in [0.717, 1.165) is 42.4 Å². The summed E-state index contributed by atoms with van der Waals surface area (Å²) in [6.07, 6.45) is 3.91. The van der Waals surface area contributed by atoms with Gasteiger partial charge >= 0.3 is 0 Å². The van der Waals surface area contributed by atoms with E-state index < -0.39 is 0 Å². The zero-order chi connectivity index (χ0) is 13.9. The highest BCUT2D eigenvalue weighted by atomic mass is 16.2. The summed E-state index contributed by atoms with van der Waals surface area (Å²) in [6.45, 7) is 2.25. The predicted octanol–water partition coefficient (Wildman–Crippen LogP) is 2.05. The van der Waals surface area contributed by atoms with Crippen LogP contribution in [0.25, 0.3) is 10.9 Å². The number of carbonyl (C=O) groups excluding carboxylic acids is 1. The molecule has 1 aromatic carbocycles. The monoisotopic (exact) mass is 269 g/mol. The molecule has 2 heterocycles. The number of likely N-dealkylation sites (tertiary alicyclic amines) is 1. The van der Waals surface area contributed by atoms with Crippen molar-refractivity contribution in [3.63, 3.8) is 0 Å². The lowest BCUT2D eigenvalue weighted by Crippen LogP contribution is -2.42. The SMILES string of the molecule is NCC1CCCN(C(=O)c2cccc3ncccc23)C1. The Hall–Kier alpha value is -1.94. The van der Waals surface area contributed by atoms with E-state index in [4.69, 9.17) is 5.73 Å². The molecule has 2 N–H and O–H groups in total. The number of hydrogen-bond donors (Lipinski definition) is 1. The van der Waals surface area contributed by atoms with Crippen molar-refractivity contribution < 1.29 is 4.79 Å². The van der Waals surface area contributed by atoms with Crippen LogP contribution in [0, 0.1) is 5.92 Å². The third kappa shape index (κ3) is 2.39. The van der Waals surface area contributed by atoms with E-state index in [1.54, 1.807) is 6.20 Å². The van der Waals surface area contributed by atoms with Crippen molar-refractivity contribution in [2.75, 3.05) is 19.6 Å². The van der Waals surface area contributed by atoms with Gasteiger partial charge in [0, 0.05) is 30.2 Å². The Bertz CT molecular complexity index is 621. The number of carbonyl (C=O) groups is 1.